The lowest BCUT2D eigenvalue weighted by Crippen LogP contribution is -2.09. The van der Waals surface area contributed by atoms with Gasteiger partial charge in [-0.15, -0.1) is 0 Å². The van der Waals surface area contributed by atoms with Crippen LogP contribution < -0.4 is 4.74 Å². The molecule has 0 saturated heterocycles. The molecule has 4 nitrogen and oxygen atoms in total. The first-order chi connectivity index (χ1) is 7.57. The van der Waals surface area contributed by atoms with Crippen molar-refractivity contribution in [1.29, 1.82) is 0 Å². The minimum atomic E-state index is -0.258. The van der Waals surface area contributed by atoms with Crippen LogP contribution in [0.1, 0.15) is 34.6 Å². The van der Waals surface area contributed by atoms with Gasteiger partial charge in [0, 0.05) is 5.56 Å². The summed E-state index contributed by atoms with van der Waals surface area (Å²) in [6, 6.07) is 4.74. The number of hydrogen-bond acceptors (Lipinski definition) is 4. The summed E-state index contributed by atoms with van der Waals surface area (Å²) in [4.78, 5) is 33.0. The highest BCUT2D eigenvalue weighted by molar-refractivity contribution is 6.09. The molecule has 16 heavy (non-hydrogen) atoms. The van der Waals surface area contributed by atoms with E-state index in [1.807, 2.05) is 0 Å². The quantitative estimate of drug-likeness (QED) is 0.559. The fourth-order valence-corrected chi connectivity index (χ4v) is 1.43. The van der Waals surface area contributed by atoms with Gasteiger partial charge < -0.3 is 4.74 Å². The molecular formula is C12H12O4. The SMILES string of the molecule is CC(=O)c1cccc(OCC=O)c1C(C)=O. The Balaban J connectivity index is 3.26. The minimum absolute atomic E-state index is 0.137. The third-order valence-electron chi connectivity index (χ3n) is 2.06. The topological polar surface area (TPSA) is 60.4 Å². The average molecular weight is 220 g/mol. The summed E-state index contributed by atoms with van der Waals surface area (Å²) < 4.78 is 5.10. The van der Waals surface area contributed by atoms with Gasteiger partial charge in [0.1, 0.15) is 12.4 Å². The number of Topliss-reactive ketones (excluding diaryl/α,β-unsaturated/α-hetero) is 2. The maximum atomic E-state index is 11.4. The van der Waals surface area contributed by atoms with Gasteiger partial charge in [-0.1, -0.05) is 12.1 Å². The van der Waals surface area contributed by atoms with Crippen molar-refractivity contribution in [3.05, 3.63) is 29.3 Å². The second-order valence-corrected chi connectivity index (χ2v) is 3.27. The molecule has 0 unspecified atom stereocenters. The summed E-state index contributed by atoms with van der Waals surface area (Å²) in [6.45, 7) is 2.60. The highest BCUT2D eigenvalue weighted by Gasteiger charge is 2.16. The van der Waals surface area contributed by atoms with Gasteiger partial charge in [0.2, 0.25) is 0 Å². The molecular weight excluding hydrogens is 208 g/mol. The van der Waals surface area contributed by atoms with Crippen molar-refractivity contribution < 1.29 is 19.1 Å². The van der Waals surface area contributed by atoms with E-state index < -0.39 is 0 Å². The molecule has 0 spiro atoms. The molecule has 0 heterocycles. The van der Waals surface area contributed by atoms with Crippen LogP contribution in [-0.4, -0.2) is 24.5 Å². The number of ether oxygens (including phenoxy) is 1. The smallest absolute Gasteiger partial charge is 0.164 e. The molecule has 0 amide bonds. The van der Waals surface area contributed by atoms with E-state index in [0.29, 0.717) is 11.8 Å². The van der Waals surface area contributed by atoms with E-state index in [1.165, 1.54) is 13.8 Å². The molecule has 84 valence electrons. The normalized spacial score (nSPS) is 9.62. The second-order valence-electron chi connectivity index (χ2n) is 3.27. The lowest BCUT2D eigenvalue weighted by Gasteiger charge is -2.10. The summed E-state index contributed by atoms with van der Waals surface area (Å²) in [7, 11) is 0. The first kappa shape index (κ1) is 12.1. The Labute approximate surface area is 93.2 Å². The Bertz CT molecular complexity index is 435. The summed E-state index contributed by atoms with van der Waals surface area (Å²) >= 11 is 0. The van der Waals surface area contributed by atoms with E-state index in [4.69, 9.17) is 4.74 Å². The van der Waals surface area contributed by atoms with Crippen LogP contribution >= 0.6 is 0 Å². The van der Waals surface area contributed by atoms with Crippen LogP contribution in [0.5, 0.6) is 5.75 Å². The van der Waals surface area contributed by atoms with Crippen molar-refractivity contribution in [3.8, 4) is 5.75 Å². The Hall–Kier alpha value is -1.97. The molecule has 0 N–H and O–H groups in total. The number of benzene rings is 1. The highest BCUT2D eigenvalue weighted by atomic mass is 16.5. The van der Waals surface area contributed by atoms with Crippen molar-refractivity contribution in [2.45, 2.75) is 13.8 Å². The van der Waals surface area contributed by atoms with Crippen LogP contribution in [0.2, 0.25) is 0 Å². The van der Waals surface area contributed by atoms with Gasteiger partial charge in [0.25, 0.3) is 0 Å². The third-order valence-corrected chi connectivity index (χ3v) is 2.06. The Morgan fingerprint density at radius 1 is 1.25 bits per heavy atom. The van der Waals surface area contributed by atoms with E-state index >= 15 is 0 Å². The number of hydrogen-bond donors (Lipinski definition) is 0. The molecule has 0 aliphatic heterocycles. The van der Waals surface area contributed by atoms with Crippen molar-refractivity contribution in [1.82, 2.24) is 0 Å². The van der Waals surface area contributed by atoms with Gasteiger partial charge in [0.05, 0.1) is 5.56 Å². The zero-order valence-electron chi connectivity index (χ0n) is 9.15. The Morgan fingerprint density at radius 2 is 1.94 bits per heavy atom. The van der Waals surface area contributed by atoms with Crippen LogP contribution in [0.3, 0.4) is 0 Å². The zero-order chi connectivity index (χ0) is 12.1. The molecule has 0 aromatic heterocycles. The first-order valence-electron chi connectivity index (χ1n) is 4.79. The van der Waals surface area contributed by atoms with Crippen molar-refractivity contribution in [2.24, 2.45) is 0 Å². The third kappa shape index (κ3) is 2.53. The predicted molar refractivity (Wildman–Crippen MR) is 58.0 cm³/mol. The summed E-state index contributed by atoms with van der Waals surface area (Å²) in [5.74, 6) is -0.194. The summed E-state index contributed by atoms with van der Waals surface area (Å²) in [5, 5.41) is 0. The largest absolute Gasteiger partial charge is 0.485 e. The van der Waals surface area contributed by atoms with Crippen LogP contribution in [0.15, 0.2) is 18.2 Å². The van der Waals surface area contributed by atoms with Gasteiger partial charge in [0.15, 0.2) is 17.9 Å². The second kappa shape index (κ2) is 5.21. The van der Waals surface area contributed by atoms with E-state index in [2.05, 4.69) is 0 Å². The number of rotatable bonds is 5. The first-order valence-corrected chi connectivity index (χ1v) is 4.79. The predicted octanol–water partition coefficient (Wildman–Crippen LogP) is 1.67. The zero-order valence-corrected chi connectivity index (χ0v) is 9.15. The van der Waals surface area contributed by atoms with Crippen molar-refractivity contribution in [3.63, 3.8) is 0 Å². The fourth-order valence-electron chi connectivity index (χ4n) is 1.43. The number of carbonyl (C=O) groups is 3. The standard InChI is InChI=1S/C12H12O4/c1-8(14)10-4-3-5-11(16-7-6-13)12(10)9(2)15/h3-6H,7H2,1-2H3. The van der Waals surface area contributed by atoms with Gasteiger partial charge in [-0.3, -0.25) is 14.4 Å². The molecule has 1 rings (SSSR count). The van der Waals surface area contributed by atoms with Gasteiger partial charge in [-0.2, -0.15) is 0 Å². The van der Waals surface area contributed by atoms with Gasteiger partial charge in [-0.05, 0) is 19.9 Å². The monoisotopic (exact) mass is 220 g/mol. The van der Waals surface area contributed by atoms with E-state index in [0.717, 1.165) is 0 Å². The molecule has 0 atom stereocenters. The lowest BCUT2D eigenvalue weighted by atomic mass is 10.0. The maximum Gasteiger partial charge on any atom is 0.164 e. The van der Waals surface area contributed by atoms with Gasteiger partial charge >= 0.3 is 0 Å². The summed E-state index contributed by atoms with van der Waals surface area (Å²) in [5.41, 5.74) is 0.549. The minimum Gasteiger partial charge on any atom is -0.485 e. The molecule has 0 fully saturated rings. The average Bonchev–Trinajstić information content (AvgIpc) is 2.25. The van der Waals surface area contributed by atoms with Gasteiger partial charge in [-0.25, -0.2) is 0 Å². The number of ketones is 2. The number of carbonyl (C=O) groups excluding carboxylic acids is 3. The highest BCUT2D eigenvalue weighted by Crippen LogP contribution is 2.23. The van der Waals surface area contributed by atoms with Crippen molar-refractivity contribution >= 4 is 17.9 Å². The molecule has 0 bridgehead atoms. The van der Waals surface area contributed by atoms with Crippen LogP contribution in [0.4, 0.5) is 0 Å². The van der Waals surface area contributed by atoms with Crippen LogP contribution in [0, 0.1) is 0 Å². The van der Waals surface area contributed by atoms with Crippen LogP contribution in [-0.2, 0) is 4.79 Å². The molecule has 1 aromatic rings. The molecule has 0 aliphatic rings. The van der Waals surface area contributed by atoms with E-state index in [-0.39, 0.29) is 29.5 Å². The van der Waals surface area contributed by atoms with E-state index in [1.54, 1.807) is 18.2 Å². The molecule has 1 aromatic carbocycles. The fraction of sp³-hybridized carbons (Fsp3) is 0.250. The maximum absolute atomic E-state index is 11.4. The van der Waals surface area contributed by atoms with E-state index in [9.17, 15) is 14.4 Å². The molecule has 0 aliphatic carbocycles. The van der Waals surface area contributed by atoms with Crippen molar-refractivity contribution in [2.75, 3.05) is 6.61 Å². The molecule has 4 heteroatoms. The van der Waals surface area contributed by atoms with Crippen LogP contribution in [0.25, 0.3) is 0 Å². The number of aldehydes is 1. The summed E-state index contributed by atoms with van der Waals surface area (Å²) in [6.07, 6.45) is 0.588. The Morgan fingerprint density at radius 3 is 2.44 bits per heavy atom. The Kier molecular flexibility index (Phi) is 3.94. The molecule has 0 saturated carbocycles. The lowest BCUT2D eigenvalue weighted by molar-refractivity contribution is -0.109. The molecule has 0 radical (unpaired) electrons.